The summed E-state index contributed by atoms with van der Waals surface area (Å²) in [4.78, 5) is 7.57. The summed E-state index contributed by atoms with van der Waals surface area (Å²) in [6.45, 7) is 1.84. The molecule has 96 valence electrons. The summed E-state index contributed by atoms with van der Waals surface area (Å²) >= 11 is 1.71. The van der Waals surface area contributed by atoms with Crippen LogP contribution in [-0.4, -0.2) is 25.6 Å². The molecule has 4 nitrogen and oxygen atoms in total. The number of nitrogens with one attached hydrogen (secondary N) is 1. The molecule has 0 atom stereocenters. The van der Waals surface area contributed by atoms with Crippen LogP contribution in [0.25, 0.3) is 0 Å². The fraction of sp³-hybridized carbons (Fsp3) is 0.636. The molecule has 6 heteroatoms. The van der Waals surface area contributed by atoms with E-state index in [1.807, 2.05) is 25.2 Å². The predicted octanol–water partition coefficient (Wildman–Crippen LogP) is 2.41. The molecule has 1 N–H and O–H groups in total. The number of hydrogen-bond donors (Lipinski definition) is 1. The molecular formula is C11H19ClN4S. The van der Waals surface area contributed by atoms with E-state index in [1.165, 1.54) is 4.88 Å². The maximum absolute atomic E-state index is 8.37. The zero-order valence-electron chi connectivity index (χ0n) is 10.3. The number of rotatable bonds is 7. The molecule has 0 aliphatic rings. The molecule has 0 fully saturated rings. The maximum Gasteiger partial charge on any atom is 0.185 e. The third-order valence-corrected chi connectivity index (χ3v) is 3.28. The van der Waals surface area contributed by atoms with E-state index in [1.54, 1.807) is 11.3 Å². The topological polar surface area (TPSA) is 52.0 Å². The monoisotopic (exact) mass is 274 g/mol. The second-order valence-corrected chi connectivity index (χ2v) is 4.89. The molecule has 0 saturated carbocycles. The Labute approximate surface area is 113 Å². The number of anilines is 1. The van der Waals surface area contributed by atoms with Gasteiger partial charge in [0.2, 0.25) is 0 Å². The zero-order valence-corrected chi connectivity index (χ0v) is 11.9. The van der Waals surface area contributed by atoms with Crippen LogP contribution < -0.4 is 10.2 Å². The second kappa shape index (κ2) is 9.23. The van der Waals surface area contributed by atoms with Gasteiger partial charge >= 0.3 is 0 Å². The van der Waals surface area contributed by atoms with Crippen molar-refractivity contribution in [2.45, 2.75) is 25.8 Å². The van der Waals surface area contributed by atoms with E-state index in [2.05, 4.69) is 16.4 Å². The van der Waals surface area contributed by atoms with Gasteiger partial charge in [-0.1, -0.05) is 0 Å². The average molecular weight is 275 g/mol. The number of aromatic nitrogens is 1. The van der Waals surface area contributed by atoms with Gasteiger partial charge in [-0.05, 0) is 19.4 Å². The van der Waals surface area contributed by atoms with E-state index in [-0.39, 0.29) is 12.4 Å². The SMILES string of the molecule is CN(C)c1ncc(CNCCCCC#N)s1.Cl. The fourth-order valence-electron chi connectivity index (χ4n) is 1.25. The second-order valence-electron chi connectivity index (χ2n) is 3.80. The summed E-state index contributed by atoms with van der Waals surface area (Å²) < 4.78 is 0. The van der Waals surface area contributed by atoms with Crippen molar-refractivity contribution in [3.05, 3.63) is 11.1 Å². The van der Waals surface area contributed by atoms with Gasteiger partial charge in [0.05, 0.1) is 6.07 Å². The van der Waals surface area contributed by atoms with Gasteiger partial charge < -0.3 is 10.2 Å². The Morgan fingerprint density at radius 3 is 2.82 bits per heavy atom. The first-order valence-corrected chi connectivity index (χ1v) is 6.25. The molecular weight excluding hydrogens is 256 g/mol. The summed E-state index contributed by atoms with van der Waals surface area (Å²) in [5, 5.41) is 12.8. The van der Waals surface area contributed by atoms with Crippen molar-refractivity contribution < 1.29 is 0 Å². The summed E-state index contributed by atoms with van der Waals surface area (Å²) in [5.41, 5.74) is 0. The molecule has 1 aromatic heterocycles. The lowest BCUT2D eigenvalue weighted by Gasteiger charge is -2.05. The van der Waals surface area contributed by atoms with Crippen LogP contribution in [0, 0.1) is 11.3 Å². The predicted molar refractivity (Wildman–Crippen MR) is 74.9 cm³/mol. The van der Waals surface area contributed by atoms with E-state index >= 15 is 0 Å². The molecule has 0 aromatic carbocycles. The summed E-state index contributed by atoms with van der Waals surface area (Å²) in [5.74, 6) is 0. The third-order valence-electron chi connectivity index (χ3n) is 2.12. The zero-order chi connectivity index (χ0) is 11.8. The lowest BCUT2D eigenvalue weighted by atomic mass is 10.2. The van der Waals surface area contributed by atoms with Gasteiger partial charge in [-0.15, -0.1) is 23.7 Å². The van der Waals surface area contributed by atoms with Gasteiger partial charge in [0.15, 0.2) is 5.13 Å². The highest BCUT2D eigenvalue weighted by atomic mass is 35.5. The Morgan fingerprint density at radius 2 is 2.24 bits per heavy atom. The number of unbranched alkanes of at least 4 members (excludes halogenated alkanes) is 2. The van der Waals surface area contributed by atoms with Crippen LogP contribution in [-0.2, 0) is 6.54 Å². The minimum Gasteiger partial charge on any atom is -0.354 e. The van der Waals surface area contributed by atoms with Gasteiger partial charge in [-0.25, -0.2) is 4.98 Å². The standard InChI is InChI=1S/C11H18N4S.ClH/c1-15(2)11-14-9-10(16-11)8-13-7-5-3-4-6-12;/h9,13H,3-5,7-8H2,1-2H3;1H. The molecule has 1 heterocycles. The Kier molecular flexibility index (Phi) is 8.78. The third kappa shape index (κ3) is 6.47. The van der Waals surface area contributed by atoms with Crippen LogP contribution in [0.5, 0.6) is 0 Å². The van der Waals surface area contributed by atoms with Crippen molar-refractivity contribution in [1.82, 2.24) is 10.3 Å². The molecule has 0 aliphatic carbocycles. The molecule has 17 heavy (non-hydrogen) atoms. The molecule has 0 unspecified atom stereocenters. The first-order valence-electron chi connectivity index (χ1n) is 5.43. The number of halogens is 1. The summed E-state index contributed by atoms with van der Waals surface area (Å²) in [6.07, 6.45) is 4.62. The number of thiazole rings is 1. The molecule has 0 spiro atoms. The highest BCUT2D eigenvalue weighted by molar-refractivity contribution is 7.15. The van der Waals surface area contributed by atoms with Crippen LogP contribution in [0.4, 0.5) is 5.13 Å². The van der Waals surface area contributed by atoms with Crippen molar-refractivity contribution >= 4 is 28.9 Å². The van der Waals surface area contributed by atoms with Crippen molar-refractivity contribution in [3.8, 4) is 6.07 Å². The van der Waals surface area contributed by atoms with Crippen molar-refractivity contribution in [1.29, 1.82) is 5.26 Å². The lowest BCUT2D eigenvalue weighted by molar-refractivity contribution is 0.632. The number of hydrogen-bond acceptors (Lipinski definition) is 5. The molecule has 1 aromatic rings. The van der Waals surface area contributed by atoms with Crippen LogP contribution in [0.1, 0.15) is 24.1 Å². The minimum absolute atomic E-state index is 0. The van der Waals surface area contributed by atoms with E-state index in [4.69, 9.17) is 5.26 Å². The van der Waals surface area contributed by atoms with Gasteiger partial charge in [0, 0.05) is 38.1 Å². The van der Waals surface area contributed by atoms with Crippen molar-refractivity contribution in [3.63, 3.8) is 0 Å². The summed E-state index contributed by atoms with van der Waals surface area (Å²) in [7, 11) is 4.00. The van der Waals surface area contributed by atoms with E-state index in [0.29, 0.717) is 6.42 Å². The molecule has 0 saturated heterocycles. The van der Waals surface area contributed by atoms with E-state index < -0.39 is 0 Å². The van der Waals surface area contributed by atoms with E-state index in [0.717, 1.165) is 31.1 Å². The molecule has 0 amide bonds. The largest absolute Gasteiger partial charge is 0.354 e. The van der Waals surface area contributed by atoms with Crippen LogP contribution in [0.3, 0.4) is 0 Å². The quantitative estimate of drug-likeness (QED) is 0.776. The Balaban J connectivity index is 0.00000256. The Bertz CT molecular complexity index is 345. The van der Waals surface area contributed by atoms with Crippen LogP contribution in [0.2, 0.25) is 0 Å². The Morgan fingerprint density at radius 1 is 1.47 bits per heavy atom. The smallest absolute Gasteiger partial charge is 0.185 e. The van der Waals surface area contributed by atoms with Crippen molar-refractivity contribution in [2.75, 3.05) is 25.5 Å². The fourth-order valence-corrected chi connectivity index (χ4v) is 2.05. The Hall–Kier alpha value is -0.830. The van der Waals surface area contributed by atoms with Gasteiger partial charge in [0.25, 0.3) is 0 Å². The van der Waals surface area contributed by atoms with Gasteiger partial charge in [-0.2, -0.15) is 5.26 Å². The molecule has 0 radical (unpaired) electrons. The minimum atomic E-state index is 0. The molecule has 1 rings (SSSR count). The number of nitrogens with zero attached hydrogens (tertiary/aromatic N) is 3. The van der Waals surface area contributed by atoms with Crippen LogP contribution >= 0.6 is 23.7 Å². The maximum atomic E-state index is 8.37. The number of nitriles is 1. The normalized spacial score (nSPS) is 9.47. The van der Waals surface area contributed by atoms with E-state index in [9.17, 15) is 0 Å². The highest BCUT2D eigenvalue weighted by Crippen LogP contribution is 2.19. The first-order chi connectivity index (χ1) is 7.74. The summed E-state index contributed by atoms with van der Waals surface area (Å²) in [6, 6.07) is 2.15. The molecule has 0 bridgehead atoms. The highest BCUT2D eigenvalue weighted by Gasteiger charge is 2.02. The van der Waals surface area contributed by atoms with Gasteiger partial charge in [0.1, 0.15) is 0 Å². The molecule has 0 aliphatic heterocycles. The van der Waals surface area contributed by atoms with Crippen LogP contribution in [0.15, 0.2) is 6.20 Å². The van der Waals surface area contributed by atoms with Crippen molar-refractivity contribution in [2.24, 2.45) is 0 Å². The first kappa shape index (κ1) is 16.2. The average Bonchev–Trinajstić information content (AvgIpc) is 2.72. The van der Waals surface area contributed by atoms with Gasteiger partial charge in [-0.3, -0.25) is 0 Å². The lowest BCUT2D eigenvalue weighted by Crippen LogP contribution is -2.13.